The predicted octanol–water partition coefficient (Wildman–Crippen LogP) is 3.24. The maximum absolute atomic E-state index is 5.48. The average molecular weight is 281 g/mol. The molecule has 0 spiro atoms. The van der Waals surface area contributed by atoms with Gasteiger partial charge in [0.15, 0.2) is 11.5 Å². The van der Waals surface area contributed by atoms with Crippen molar-refractivity contribution < 1.29 is 14.2 Å². The minimum atomic E-state index is 0.456. The molecule has 20 heavy (non-hydrogen) atoms. The van der Waals surface area contributed by atoms with E-state index >= 15 is 0 Å². The van der Waals surface area contributed by atoms with Gasteiger partial charge in [-0.05, 0) is 18.9 Å². The molecule has 0 aliphatic carbocycles. The molecule has 1 aromatic rings. The van der Waals surface area contributed by atoms with Gasteiger partial charge in [-0.1, -0.05) is 26.3 Å². The van der Waals surface area contributed by atoms with E-state index in [2.05, 4.69) is 26.1 Å². The van der Waals surface area contributed by atoms with Crippen LogP contribution in [-0.2, 0) is 6.54 Å². The first kappa shape index (κ1) is 16.6. The van der Waals surface area contributed by atoms with Gasteiger partial charge in [-0.15, -0.1) is 0 Å². The largest absolute Gasteiger partial charge is 0.493 e. The molecule has 0 aliphatic rings. The number of rotatable bonds is 8. The first-order chi connectivity index (χ1) is 9.58. The van der Waals surface area contributed by atoms with Crippen molar-refractivity contribution in [3.63, 3.8) is 0 Å². The van der Waals surface area contributed by atoms with Gasteiger partial charge in [0, 0.05) is 18.2 Å². The van der Waals surface area contributed by atoms with Gasteiger partial charge in [-0.3, -0.25) is 0 Å². The zero-order chi connectivity index (χ0) is 15.1. The van der Waals surface area contributed by atoms with Gasteiger partial charge < -0.3 is 19.5 Å². The summed E-state index contributed by atoms with van der Waals surface area (Å²) in [6.45, 7) is 7.42. The summed E-state index contributed by atoms with van der Waals surface area (Å²) in [6, 6.07) is 4.38. The topological polar surface area (TPSA) is 39.7 Å². The Morgan fingerprint density at radius 1 is 1.00 bits per heavy atom. The van der Waals surface area contributed by atoms with E-state index in [1.807, 2.05) is 12.1 Å². The molecule has 1 rings (SSSR count). The number of hydrogen-bond acceptors (Lipinski definition) is 4. The molecule has 0 radical (unpaired) electrons. The normalized spacial score (nSPS) is 13.7. The summed E-state index contributed by atoms with van der Waals surface area (Å²) in [4.78, 5) is 0. The van der Waals surface area contributed by atoms with Crippen LogP contribution in [0.3, 0.4) is 0 Å². The lowest BCUT2D eigenvalue weighted by molar-refractivity contribution is 0.319. The first-order valence-electron chi connectivity index (χ1n) is 7.10. The number of nitrogens with one attached hydrogen (secondary N) is 1. The minimum absolute atomic E-state index is 0.456. The van der Waals surface area contributed by atoms with E-state index in [9.17, 15) is 0 Å². The second kappa shape index (κ2) is 8.00. The molecule has 4 heteroatoms. The zero-order valence-corrected chi connectivity index (χ0v) is 13.4. The monoisotopic (exact) mass is 281 g/mol. The van der Waals surface area contributed by atoms with Crippen LogP contribution in [0.5, 0.6) is 17.2 Å². The molecule has 0 aromatic heterocycles. The van der Waals surface area contributed by atoms with Gasteiger partial charge in [0.2, 0.25) is 5.75 Å². The van der Waals surface area contributed by atoms with Crippen LogP contribution in [0.4, 0.5) is 0 Å². The summed E-state index contributed by atoms with van der Waals surface area (Å²) in [6.07, 6.45) is 1.16. The molecule has 0 amide bonds. The maximum atomic E-state index is 5.48. The van der Waals surface area contributed by atoms with Crippen LogP contribution >= 0.6 is 0 Å². The third-order valence-electron chi connectivity index (χ3n) is 3.90. The fourth-order valence-electron chi connectivity index (χ4n) is 2.13. The fraction of sp³-hybridized carbons (Fsp3) is 0.625. The van der Waals surface area contributed by atoms with Crippen molar-refractivity contribution in [2.45, 2.75) is 39.8 Å². The van der Waals surface area contributed by atoms with Crippen LogP contribution in [0.1, 0.15) is 32.8 Å². The Kier molecular flexibility index (Phi) is 6.65. The molecule has 2 unspecified atom stereocenters. The first-order valence-corrected chi connectivity index (χ1v) is 7.10. The second-order valence-electron chi connectivity index (χ2n) is 5.05. The predicted molar refractivity (Wildman–Crippen MR) is 81.9 cm³/mol. The van der Waals surface area contributed by atoms with Crippen LogP contribution in [0.25, 0.3) is 0 Å². The molecule has 1 aromatic carbocycles. The average Bonchev–Trinajstić information content (AvgIpc) is 2.50. The highest BCUT2D eigenvalue weighted by Gasteiger charge is 2.17. The Morgan fingerprint density at radius 2 is 1.65 bits per heavy atom. The third kappa shape index (κ3) is 3.79. The van der Waals surface area contributed by atoms with Crippen molar-refractivity contribution >= 4 is 0 Å². The minimum Gasteiger partial charge on any atom is -0.493 e. The number of hydrogen-bond donors (Lipinski definition) is 1. The SMILES string of the molecule is CCC(C)C(C)NCc1ccc(OC)c(OC)c1OC. The molecule has 2 atom stereocenters. The lowest BCUT2D eigenvalue weighted by Gasteiger charge is -2.21. The summed E-state index contributed by atoms with van der Waals surface area (Å²) in [5.74, 6) is 2.70. The van der Waals surface area contributed by atoms with E-state index in [0.717, 1.165) is 24.3 Å². The lowest BCUT2D eigenvalue weighted by atomic mass is 10.0. The molecule has 0 heterocycles. The standard InChI is InChI=1S/C16H27NO3/c1-7-11(2)12(3)17-10-13-8-9-14(18-4)16(20-6)15(13)19-5/h8-9,11-12,17H,7,10H2,1-6H3. The summed E-state index contributed by atoms with van der Waals surface area (Å²) in [5.41, 5.74) is 1.07. The third-order valence-corrected chi connectivity index (χ3v) is 3.90. The van der Waals surface area contributed by atoms with E-state index in [1.165, 1.54) is 0 Å². The van der Waals surface area contributed by atoms with Gasteiger partial charge in [-0.2, -0.15) is 0 Å². The second-order valence-corrected chi connectivity index (χ2v) is 5.05. The Labute approximate surface area is 122 Å². The van der Waals surface area contributed by atoms with Gasteiger partial charge >= 0.3 is 0 Å². The van der Waals surface area contributed by atoms with Crippen molar-refractivity contribution in [1.82, 2.24) is 5.32 Å². The van der Waals surface area contributed by atoms with Crippen LogP contribution < -0.4 is 19.5 Å². The van der Waals surface area contributed by atoms with E-state index in [0.29, 0.717) is 23.5 Å². The Bertz CT molecular complexity index is 420. The smallest absolute Gasteiger partial charge is 0.203 e. The summed E-state index contributed by atoms with van der Waals surface area (Å²) in [5, 5.41) is 3.54. The van der Waals surface area contributed by atoms with Crippen LogP contribution in [0.2, 0.25) is 0 Å². The van der Waals surface area contributed by atoms with Crippen LogP contribution in [0.15, 0.2) is 12.1 Å². The highest BCUT2D eigenvalue weighted by atomic mass is 16.5. The van der Waals surface area contributed by atoms with Crippen molar-refractivity contribution in [3.8, 4) is 17.2 Å². The molecule has 0 saturated carbocycles. The van der Waals surface area contributed by atoms with E-state index in [-0.39, 0.29) is 0 Å². The molecule has 0 bridgehead atoms. The van der Waals surface area contributed by atoms with Crippen molar-refractivity contribution in [1.29, 1.82) is 0 Å². The molecule has 0 saturated heterocycles. The van der Waals surface area contributed by atoms with Gasteiger partial charge in [-0.25, -0.2) is 0 Å². The quantitative estimate of drug-likeness (QED) is 0.794. The molecule has 0 fully saturated rings. The highest BCUT2D eigenvalue weighted by Crippen LogP contribution is 2.39. The van der Waals surface area contributed by atoms with Gasteiger partial charge in [0.1, 0.15) is 0 Å². The van der Waals surface area contributed by atoms with Crippen LogP contribution in [-0.4, -0.2) is 27.4 Å². The molecular weight excluding hydrogens is 254 g/mol. The summed E-state index contributed by atoms with van der Waals surface area (Å²) in [7, 11) is 4.90. The summed E-state index contributed by atoms with van der Waals surface area (Å²) >= 11 is 0. The fourth-order valence-corrected chi connectivity index (χ4v) is 2.13. The Hall–Kier alpha value is -1.42. The number of ether oxygens (including phenoxy) is 3. The van der Waals surface area contributed by atoms with Gasteiger partial charge in [0.25, 0.3) is 0 Å². The molecule has 1 N–H and O–H groups in total. The lowest BCUT2D eigenvalue weighted by Crippen LogP contribution is -2.31. The van der Waals surface area contributed by atoms with Crippen molar-refractivity contribution in [2.24, 2.45) is 5.92 Å². The maximum Gasteiger partial charge on any atom is 0.203 e. The van der Waals surface area contributed by atoms with E-state index in [1.54, 1.807) is 21.3 Å². The summed E-state index contributed by atoms with van der Waals surface area (Å²) < 4.78 is 16.2. The number of methoxy groups -OCH3 is 3. The van der Waals surface area contributed by atoms with Crippen molar-refractivity contribution in [2.75, 3.05) is 21.3 Å². The van der Waals surface area contributed by atoms with E-state index in [4.69, 9.17) is 14.2 Å². The molecular formula is C16H27NO3. The van der Waals surface area contributed by atoms with E-state index < -0.39 is 0 Å². The zero-order valence-electron chi connectivity index (χ0n) is 13.4. The molecule has 4 nitrogen and oxygen atoms in total. The van der Waals surface area contributed by atoms with Crippen molar-refractivity contribution in [3.05, 3.63) is 17.7 Å². The Balaban J connectivity index is 2.90. The van der Waals surface area contributed by atoms with Crippen LogP contribution in [0, 0.1) is 5.92 Å². The van der Waals surface area contributed by atoms with Gasteiger partial charge in [0.05, 0.1) is 21.3 Å². The molecule has 0 aliphatic heterocycles. The Morgan fingerprint density at radius 3 is 2.15 bits per heavy atom. The number of benzene rings is 1. The highest BCUT2D eigenvalue weighted by molar-refractivity contribution is 5.55. The molecule has 114 valence electrons.